The standard InChI is InChI=1S/C28H30N2O5/c1-5-15-34-25-14-12-23(17-27(25)33-6-2)28(31)30-29-18-22-11-13-24(26(16-22)32-4)35-19-21-9-7-20(3)8-10-21/h5,7-14,16-18H,1,6,15,19H2,2-4H3,(H,30,31)/b29-18+. The summed E-state index contributed by atoms with van der Waals surface area (Å²) < 4.78 is 22.5. The first-order valence-corrected chi connectivity index (χ1v) is 11.2. The van der Waals surface area contributed by atoms with Gasteiger partial charge < -0.3 is 18.9 Å². The van der Waals surface area contributed by atoms with Crippen LogP contribution in [0.25, 0.3) is 0 Å². The molecule has 0 aliphatic rings. The van der Waals surface area contributed by atoms with E-state index in [1.165, 1.54) is 11.8 Å². The number of methoxy groups -OCH3 is 1. The second kappa shape index (κ2) is 12.8. The number of benzene rings is 3. The number of rotatable bonds is 12. The lowest BCUT2D eigenvalue weighted by atomic mass is 10.2. The van der Waals surface area contributed by atoms with E-state index in [0.29, 0.717) is 48.4 Å². The first-order chi connectivity index (χ1) is 17.0. The Bertz CT molecular complexity index is 1170. The molecule has 7 nitrogen and oxygen atoms in total. The minimum absolute atomic E-state index is 0.342. The molecule has 0 fully saturated rings. The third-order valence-corrected chi connectivity index (χ3v) is 4.94. The molecule has 0 aliphatic carbocycles. The van der Waals surface area contributed by atoms with Crippen LogP contribution in [-0.2, 0) is 6.61 Å². The Labute approximate surface area is 206 Å². The zero-order valence-corrected chi connectivity index (χ0v) is 20.2. The fourth-order valence-electron chi connectivity index (χ4n) is 3.14. The number of carbonyl (C=O) groups is 1. The summed E-state index contributed by atoms with van der Waals surface area (Å²) in [5.41, 5.74) is 5.94. The molecule has 35 heavy (non-hydrogen) atoms. The van der Waals surface area contributed by atoms with Crippen LogP contribution in [-0.4, -0.2) is 32.4 Å². The van der Waals surface area contributed by atoms with E-state index in [-0.39, 0.29) is 5.91 Å². The maximum Gasteiger partial charge on any atom is 0.271 e. The second-order valence-corrected chi connectivity index (χ2v) is 7.58. The highest BCUT2D eigenvalue weighted by atomic mass is 16.5. The zero-order chi connectivity index (χ0) is 25.0. The Morgan fingerprint density at radius 2 is 1.69 bits per heavy atom. The van der Waals surface area contributed by atoms with Crippen LogP contribution in [0.4, 0.5) is 0 Å². The number of amides is 1. The smallest absolute Gasteiger partial charge is 0.271 e. The molecular weight excluding hydrogens is 444 g/mol. The van der Waals surface area contributed by atoms with Crippen molar-refractivity contribution >= 4 is 12.1 Å². The average Bonchev–Trinajstić information content (AvgIpc) is 2.88. The topological polar surface area (TPSA) is 78.4 Å². The summed E-state index contributed by atoms with van der Waals surface area (Å²) in [5.74, 6) is 1.85. The van der Waals surface area contributed by atoms with Crippen molar-refractivity contribution in [3.63, 3.8) is 0 Å². The van der Waals surface area contributed by atoms with E-state index in [1.54, 1.807) is 37.5 Å². The van der Waals surface area contributed by atoms with Gasteiger partial charge in [-0.2, -0.15) is 5.10 Å². The van der Waals surface area contributed by atoms with Crippen molar-refractivity contribution in [2.75, 3.05) is 20.3 Å². The predicted molar refractivity (Wildman–Crippen MR) is 137 cm³/mol. The van der Waals surface area contributed by atoms with Crippen molar-refractivity contribution in [2.24, 2.45) is 5.10 Å². The first-order valence-electron chi connectivity index (χ1n) is 11.2. The number of nitrogens with one attached hydrogen (secondary N) is 1. The van der Waals surface area contributed by atoms with Gasteiger partial charge >= 0.3 is 0 Å². The summed E-state index contributed by atoms with van der Waals surface area (Å²) in [7, 11) is 1.58. The minimum atomic E-state index is -0.373. The first kappa shape index (κ1) is 25.4. The monoisotopic (exact) mass is 474 g/mol. The van der Waals surface area contributed by atoms with Crippen LogP contribution in [0.2, 0.25) is 0 Å². The van der Waals surface area contributed by atoms with Gasteiger partial charge in [0.05, 0.1) is 19.9 Å². The van der Waals surface area contributed by atoms with Crippen molar-refractivity contribution < 1.29 is 23.7 Å². The molecule has 1 amide bonds. The lowest BCUT2D eigenvalue weighted by molar-refractivity contribution is 0.0954. The molecule has 0 saturated heterocycles. The Morgan fingerprint density at radius 1 is 0.943 bits per heavy atom. The van der Waals surface area contributed by atoms with Crippen LogP contribution >= 0.6 is 0 Å². The fraction of sp³-hybridized carbons (Fsp3) is 0.214. The molecule has 3 aromatic carbocycles. The Morgan fingerprint density at radius 3 is 2.40 bits per heavy atom. The third kappa shape index (κ3) is 7.37. The largest absolute Gasteiger partial charge is 0.493 e. The second-order valence-electron chi connectivity index (χ2n) is 7.58. The Kier molecular flexibility index (Phi) is 9.31. The summed E-state index contributed by atoms with van der Waals surface area (Å²) >= 11 is 0. The molecule has 3 aromatic rings. The van der Waals surface area contributed by atoms with Crippen LogP contribution in [0.15, 0.2) is 78.4 Å². The van der Waals surface area contributed by atoms with E-state index in [2.05, 4.69) is 17.1 Å². The summed E-state index contributed by atoms with van der Waals surface area (Å²) in [6.45, 7) is 8.76. The maximum absolute atomic E-state index is 12.6. The van der Waals surface area contributed by atoms with E-state index in [4.69, 9.17) is 18.9 Å². The number of hydrogen-bond donors (Lipinski definition) is 1. The normalized spacial score (nSPS) is 10.6. The van der Waals surface area contributed by atoms with Gasteiger partial charge in [-0.15, -0.1) is 0 Å². The fourth-order valence-corrected chi connectivity index (χ4v) is 3.14. The molecule has 0 unspecified atom stereocenters. The van der Waals surface area contributed by atoms with Crippen LogP contribution in [0, 0.1) is 6.92 Å². The van der Waals surface area contributed by atoms with Crippen LogP contribution in [0.1, 0.15) is 34.0 Å². The highest BCUT2D eigenvalue weighted by molar-refractivity contribution is 5.95. The van der Waals surface area contributed by atoms with E-state index < -0.39 is 0 Å². The Hall–Kier alpha value is -4.26. The lowest BCUT2D eigenvalue weighted by Gasteiger charge is -2.12. The van der Waals surface area contributed by atoms with Gasteiger partial charge in [-0.1, -0.05) is 42.5 Å². The van der Waals surface area contributed by atoms with Crippen molar-refractivity contribution in [3.8, 4) is 23.0 Å². The van der Waals surface area contributed by atoms with Crippen molar-refractivity contribution in [1.82, 2.24) is 5.43 Å². The van der Waals surface area contributed by atoms with E-state index in [9.17, 15) is 4.79 Å². The van der Waals surface area contributed by atoms with E-state index in [0.717, 1.165) is 11.1 Å². The average molecular weight is 475 g/mol. The minimum Gasteiger partial charge on any atom is -0.493 e. The van der Waals surface area contributed by atoms with Gasteiger partial charge in [0.25, 0.3) is 5.91 Å². The number of nitrogens with zero attached hydrogens (tertiary/aromatic N) is 1. The number of aryl methyl sites for hydroxylation is 1. The zero-order valence-electron chi connectivity index (χ0n) is 20.2. The predicted octanol–water partition coefficient (Wildman–Crippen LogP) is 5.31. The van der Waals surface area contributed by atoms with Crippen molar-refractivity contribution in [3.05, 3.63) is 95.6 Å². The van der Waals surface area contributed by atoms with Crippen LogP contribution in [0.5, 0.6) is 23.0 Å². The van der Waals surface area contributed by atoms with E-state index >= 15 is 0 Å². The SMILES string of the molecule is C=CCOc1ccc(C(=O)N/N=C/c2ccc(OCc3ccc(C)cc3)c(OC)c2)cc1OCC. The van der Waals surface area contributed by atoms with E-state index in [1.807, 2.05) is 50.2 Å². The number of ether oxygens (including phenoxy) is 4. The molecule has 1 N–H and O–H groups in total. The molecule has 7 heteroatoms. The maximum atomic E-state index is 12.6. The Balaban J connectivity index is 1.63. The van der Waals surface area contributed by atoms with Gasteiger partial charge in [-0.05, 0) is 61.4 Å². The number of carbonyl (C=O) groups excluding carboxylic acids is 1. The summed E-state index contributed by atoms with van der Waals surface area (Å²) in [5, 5.41) is 4.07. The van der Waals surface area contributed by atoms with Crippen molar-refractivity contribution in [2.45, 2.75) is 20.5 Å². The van der Waals surface area contributed by atoms with Gasteiger partial charge in [0.15, 0.2) is 23.0 Å². The third-order valence-electron chi connectivity index (χ3n) is 4.94. The van der Waals surface area contributed by atoms with Gasteiger partial charge in [-0.25, -0.2) is 5.43 Å². The highest BCUT2D eigenvalue weighted by Crippen LogP contribution is 2.29. The van der Waals surface area contributed by atoms with Crippen LogP contribution in [0.3, 0.4) is 0 Å². The van der Waals surface area contributed by atoms with Gasteiger partial charge in [0.2, 0.25) is 0 Å². The lowest BCUT2D eigenvalue weighted by Crippen LogP contribution is -2.17. The number of hydrazone groups is 1. The van der Waals surface area contributed by atoms with Gasteiger partial charge in [-0.3, -0.25) is 4.79 Å². The summed E-state index contributed by atoms with van der Waals surface area (Å²) in [6, 6.07) is 18.6. The highest BCUT2D eigenvalue weighted by Gasteiger charge is 2.11. The number of hydrogen-bond acceptors (Lipinski definition) is 6. The molecule has 0 aromatic heterocycles. The molecule has 0 spiro atoms. The molecule has 0 saturated carbocycles. The molecular formula is C28H30N2O5. The quantitative estimate of drug-likeness (QED) is 0.219. The molecule has 3 rings (SSSR count). The summed E-state index contributed by atoms with van der Waals surface area (Å²) in [6.07, 6.45) is 3.18. The molecule has 0 bridgehead atoms. The molecule has 182 valence electrons. The van der Waals surface area contributed by atoms with Crippen LogP contribution < -0.4 is 24.4 Å². The molecule has 0 heterocycles. The molecule has 0 radical (unpaired) electrons. The molecule has 0 atom stereocenters. The van der Waals surface area contributed by atoms with Gasteiger partial charge in [0, 0.05) is 5.56 Å². The summed E-state index contributed by atoms with van der Waals surface area (Å²) in [4.78, 5) is 12.6. The van der Waals surface area contributed by atoms with Crippen molar-refractivity contribution in [1.29, 1.82) is 0 Å². The van der Waals surface area contributed by atoms with Gasteiger partial charge in [0.1, 0.15) is 13.2 Å². The molecule has 0 aliphatic heterocycles.